The molecule has 1 aromatic heterocycles. The largest absolute Gasteiger partial charge is 0.508 e. The maximum Gasteiger partial charge on any atom is 0.157 e. The van der Waals surface area contributed by atoms with Crippen LogP contribution < -0.4 is 0 Å². The number of aromatic nitrogens is 2. The quantitative estimate of drug-likeness (QED) is 0.785. The van der Waals surface area contributed by atoms with Crippen LogP contribution in [0.25, 0.3) is 11.1 Å². The van der Waals surface area contributed by atoms with Gasteiger partial charge in [-0.15, -0.1) is 0 Å². The summed E-state index contributed by atoms with van der Waals surface area (Å²) >= 11 is 0. The van der Waals surface area contributed by atoms with E-state index >= 15 is 0 Å². The summed E-state index contributed by atoms with van der Waals surface area (Å²) in [5.74, 6) is 1.11. The normalized spacial score (nSPS) is 17.8. The lowest BCUT2D eigenvalue weighted by Crippen LogP contribution is -2.22. The van der Waals surface area contributed by atoms with Crippen LogP contribution in [0.3, 0.4) is 0 Å². The van der Waals surface area contributed by atoms with Crippen molar-refractivity contribution in [2.75, 3.05) is 13.2 Å². The van der Waals surface area contributed by atoms with Gasteiger partial charge in [0.2, 0.25) is 0 Å². The van der Waals surface area contributed by atoms with Crippen molar-refractivity contribution in [1.82, 2.24) is 9.97 Å². The van der Waals surface area contributed by atoms with E-state index in [-0.39, 0.29) is 12.0 Å². The first-order valence-corrected chi connectivity index (χ1v) is 8.65. The number of unbranched alkanes of at least 4 members (excludes halogenated alkanes) is 1. The van der Waals surface area contributed by atoms with Gasteiger partial charge in [-0.3, -0.25) is 0 Å². The highest BCUT2D eigenvalue weighted by Gasteiger charge is 2.13. The van der Waals surface area contributed by atoms with Crippen molar-refractivity contribution < 1.29 is 14.6 Å². The molecule has 0 spiro atoms. The van der Waals surface area contributed by atoms with Crippen molar-refractivity contribution in [2.45, 2.75) is 44.8 Å². The molecular weight excluding hydrogens is 304 g/mol. The van der Waals surface area contributed by atoms with Crippen LogP contribution in [0.15, 0.2) is 36.7 Å². The molecule has 0 amide bonds. The van der Waals surface area contributed by atoms with Gasteiger partial charge >= 0.3 is 0 Å². The minimum Gasteiger partial charge on any atom is -0.508 e. The fourth-order valence-corrected chi connectivity index (χ4v) is 2.73. The molecule has 3 rings (SSSR count). The number of nitrogens with zero attached hydrogens (tertiary/aromatic N) is 2. The summed E-state index contributed by atoms with van der Waals surface area (Å²) in [5.41, 5.74) is 1.96. The molecule has 24 heavy (non-hydrogen) atoms. The van der Waals surface area contributed by atoms with Crippen molar-refractivity contribution in [3.8, 4) is 16.9 Å². The van der Waals surface area contributed by atoms with E-state index in [0.717, 1.165) is 62.3 Å². The molecule has 0 bridgehead atoms. The predicted molar refractivity (Wildman–Crippen MR) is 91.6 cm³/mol. The molecule has 1 unspecified atom stereocenters. The topological polar surface area (TPSA) is 64.5 Å². The van der Waals surface area contributed by atoms with Crippen molar-refractivity contribution in [2.24, 2.45) is 0 Å². The summed E-state index contributed by atoms with van der Waals surface area (Å²) in [7, 11) is 0. The van der Waals surface area contributed by atoms with Crippen LogP contribution in [0, 0.1) is 0 Å². The summed E-state index contributed by atoms with van der Waals surface area (Å²) in [5, 5.41) is 9.32. The summed E-state index contributed by atoms with van der Waals surface area (Å²) < 4.78 is 11.3. The van der Waals surface area contributed by atoms with Crippen LogP contribution >= 0.6 is 0 Å². The van der Waals surface area contributed by atoms with Crippen LogP contribution in [-0.2, 0) is 15.9 Å². The molecule has 5 heteroatoms. The maximum atomic E-state index is 9.32. The Bertz CT molecular complexity index is 608. The number of phenolic OH excluding ortho intramolecular Hbond substituents is 1. The molecule has 1 aromatic carbocycles. The lowest BCUT2D eigenvalue weighted by molar-refractivity contribution is -0.162. The zero-order valence-electron chi connectivity index (χ0n) is 13.9. The first kappa shape index (κ1) is 16.9. The van der Waals surface area contributed by atoms with E-state index in [9.17, 15) is 5.11 Å². The van der Waals surface area contributed by atoms with Gasteiger partial charge in [-0.25, -0.2) is 9.97 Å². The van der Waals surface area contributed by atoms with Crippen molar-refractivity contribution >= 4 is 0 Å². The molecule has 1 fully saturated rings. The Labute approximate surface area is 142 Å². The highest BCUT2D eigenvalue weighted by Crippen LogP contribution is 2.20. The summed E-state index contributed by atoms with van der Waals surface area (Å²) in [6.45, 7) is 1.56. The van der Waals surface area contributed by atoms with E-state index in [2.05, 4.69) is 9.97 Å². The first-order chi connectivity index (χ1) is 11.8. The summed E-state index contributed by atoms with van der Waals surface area (Å²) in [4.78, 5) is 8.85. The summed E-state index contributed by atoms with van der Waals surface area (Å²) in [6, 6.07) is 7.05. The molecule has 1 atom stereocenters. The minimum absolute atomic E-state index is 0.000377. The lowest BCUT2D eigenvalue weighted by Gasteiger charge is -2.22. The van der Waals surface area contributed by atoms with Gasteiger partial charge in [0, 0.05) is 37.6 Å². The second-order valence-corrected chi connectivity index (χ2v) is 6.06. The molecule has 1 aliphatic rings. The van der Waals surface area contributed by atoms with Gasteiger partial charge < -0.3 is 14.6 Å². The van der Waals surface area contributed by atoms with Crippen LogP contribution in [-0.4, -0.2) is 34.6 Å². The lowest BCUT2D eigenvalue weighted by atomic mass is 10.1. The van der Waals surface area contributed by atoms with E-state index in [1.165, 1.54) is 6.42 Å². The Kier molecular flexibility index (Phi) is 6.15. The molecule has 1 aliphatic heterocycles. The standard InChI is InChI=1S/C19H24N2O3/c22-17-9-7-15(8-10-17)16-13-20-18(21-14-16)5-1-3-11-23-19-6-2-4-12-24-19/h7-10,13-14,19,22H,1-6,11-12H2. The number of hydrogen-bond acceptors (Lipinski definition) is 5. The maximum absolute atomic E-state index is 9.32. The van der Waals surface area contributed by atoms with E-state index in [4.69, 9.17) is 9.47 Å². The van der Waals surface area contributed by atoms with Gasteiger partial charge in [-0.1, -0.05) is 12.1 Å². The number of aryl methyl sites for hydroxylation is 1. The van der Waals surface area contributed by atoms with Gasteiger partial charge in [0.25, 0.3) is 0 Å². The highest BCUT2D eigenvalue weighted by molar-refractivity contribution is 5.62. The van der Waals surface area contributed by atoms with Crippen molar-refractivity contribution in [3.63, 3.8) is 0 Å². The predicted octanol–water partition coefficient (Wildman–Crippen LogP) is 3.72. The number of benzene rings is 1. The molecule has 1 saturated heterocycles. The van der Waals surface area contributed by atoms with Gasteiger partial charge in [-0.2, -0.15) is 0 Å². The minimum atomic E-state index is -0.000377. The smallest absolute Gasteiger partial charge is 0.157 e. The fraction of sp³-hybridized carbons (Fsp3) is 0.474. The van der Waals surface area contributed by atoms with Gasteiger partial charge in [-0.05, 0) is 49.8 Å². The van der Waals surface area contributed by atoms with E-state index in [1.54, 1.807) is 12.1 Å². The first-order valence-electron chi connectivity index (χ1n) is 8.65. The van der Waals surface area contributed by atoms with Gasteiger partial charge in [0.1, 0.15) is 11.6 Å². The molecule has 5 nitrogen and oxygen atoms in total. The Hall–Kier alpha value is -1.98. The molecular formula is C19H24N2O3. The zero-order chi connectivity index (χ0) is 16.6. The third kappa shape index (κ3) is 5.01. The molecule has 2 heterocycles. The molecule has 2 aromatic rings. The third-order valence-electron chi connectivity index (χ3n) is 4.14. The second-order valence-electron chi connectivity index (χ2n) is 6.06. The Morgan fingerprint density at radius 1 is 1.04 bits per heavy atom. The number of hydrogen-bond donors (Lipinski definition) is 1. The molecule has 0 radical (unpaired) electrons. The molecule has 0 saturated carbocycles. The third-order valence-corrected chi connectivity index (χ3v) is 4.14. The van der Waals surface area contributed by atoms with Gasteiger partial charge in [0.05, 0.1) is 0 Å². The Balaban J connectivity index is 1.39. The number of phenols is 1. The Morgan fingerprint density at radius 2 is 1.83 bits per heavy atom. The Morgan fingerprint density at radius 3 is 2.54 bits per heavy atom. The zero-order valence-corrected chi connectivity index (χ0v) is 13.9. The van der Waals surface area contributed by atoms with Crippen LogP contribution in [0.5, 0.6) is 5.75 Å². The number of rotatable bonds is 7. The van der Waals surface area contributed by atoms with Crippen molar-refractivity contribution in [3.05, 3.63) is 42.5 Å². The molecule has 0 aliphatic carbocycles. The van der Waals surface area contributed by atoms with Crippen LogP contribution in [0.4, 0.5) is 0 Å². The summed E-state index contributed by atoms with van der Waals surface area (Å²) in [6.07, 6.45) is 9.88. The molecule has 128 valence electrons. The fourth-order valence-electron chi connectivity index (χ4n) is 2.73. The molecule has 1 N–H and O–H groups in total. The van der Waals surface area contributed by atoms with E-state index in [1.807, 2.05) is 24.5 Å². The highest BCUT2D eigenvalue weighted by atomic mass is 16.7. The van der Waals surface area contributed by atoms with E-state index < -0.39 is 0 Å². The van der Waals surface area contributed by atoms with Crippen LogP contribution in [0.1, 0.15) is 37.9 Å². The SMILES string of the molecule is Oc1ccc(-c2cnc(CCCCOC3CCCCO3)nc2)cc1. The average molecular weight is 328 g/mol. The van der Waals surface area contributed by atoms with E-state index in [0.29, 0.717) is 0 Å². The van der Waals surface area contributed by atoms with Crippen molar-refractivity contribution in [1.29, 1.82) is 0 Å². The van der Waals surface area contributed by atoms with Gasteiger partial charge in [0.15, 0.2) is 6.29 Å². The van der Waals surface area contributed by atoms with Crippen LogP contribution in [0.2, 0.25) is 0 Å². The average Bonchev–Trinajstić information content (AvgIpc) is 2.64. The monoisotopic (exact) mass is 328 g/mol. The number of aromatic hydroxyl groups is 1. The second kappa shape index (κ2) is 8.76. The number of ether oxygens (including phenoxy) is 2.